The van der Waals surface area contributed by atoms with Gasteiger partial charge in [-0.2, -0.15) is 17.4 Å². The second kappa shape index (κ2) is 5.29. The monoisotopic (exact) mass is 272 g/mol. The highest BCUT2D eigenvalue weighted by molar-refractivity contribution is 9.09. The number of nitrogens with one attached hydrogen (secondary N) is 1. The minimum Gasteiger partial charge on any atom is -0.198 e. The molecule has 0 saturated carbocycles. The smallest absolute Gasteiger partial charge is 0.198 e. The van der Waals surface area contributed by atoms with Crippen LogP contribution in [0.4, 0.5) is 0 Å². The van der Waals surface area contributed by atoms with Crippen molar-refractivity contribution >= 4 is 26.1 Å². The molecule has 1 unspecified atom stereocenters. The highest BCUT2D eigenvalue weighted by atomic mass is 79.9. The first-order valence-electron chi connectivity index (χ1n) is 4.12. The summed E-state index contributed by atoms with van der Waals surface area (Å²) in [5, 5.41) is 0.609. The zero-order chi connectivity index (χ0) is 10.6. The van der Waals surface area contributed by atoms with Crippen LogP contribution >= 0.6 is 15.9 Å². The molecule has 80 valence electrons. The lowest BCUT2D eigenvalue weighted by molar-refractivity contribution is 0.399. The number of rotatable bonds is 5. The lowest BCUT2D eigenvalue weighted by Gasteiger charge is -2.23. The predicted octanol–water partition coefficient (Wildman–Crippen LogP) is 0.944. The SMILES string of the molecule is CC(CBr)NS(=O)(=O)N(C)C(C)C. The molecule has 0 fully saturated rings. The Morgan fingerprint density at radius 1 is 1.38 bits per heavy atom. The average Bonchev–Trinajstić information content (AvgIpc) is 2.01. The summed E-state index contributed by atoms with van der Waals surface area (Å²) in [4.78, 5) is 0. The molecule has 0 aliphatic heterocycles. The Labute approximate surface area is 89.0 Å². The topological polar surface area (TPSA) is 49.4 Å². The summed E-state index contributed by atoms with van der Waals surface area (Å²) >= 11 is 3.21. The molecule has 0 rings (SSSR count). The van der Waals surface area contributed by atoms with E-state index in [9.17, 15) is 8.42 Å². The van der Waals surface area contributed by atoms with Gasteiger partial charge in [-0.25, -0.2) is 0 Å². The van der Waals surface area contributed by atoms with Crippen LogP contribution in [0.15, 0.2) is 0 Å². The van der Waals surface area contributed by atoms with Crippen molar-refractivity contribution in [3.63, 3.8) is 0 Å². The van der Waals surface area contributed by atoms with Crippen LogP contribution in [0.25, 0.3) is 0 Å². The van der Waals surface area contributed by atoms with Gasteiger partial charge in [-0.3, -0.25) is 0 Å². The normalized spacial score (nSPS) is 15.3. The van der Waals surface area contributed by atoms with E-state index in [0.717, 1.165) is 0 Å². The number of hydrogen-bond acceptors (Lipinski definition) is 2. The molecule has 0 aliphatic carbocycles. The third-order valence-electron chi connectivity index (χ3n) is 1.69. The molecule has 0 aliphatic rings. The van der Waals surface area contributed by atoms with E-state index in [0.29, 0.717) is 5.33 Å². The Morgan fingerprint density at radius 2 is 1.85 bits per heavy atom. The molecular formula is C7H17BrN2O2S. The van der Waals surface area contributed by atoms with Crippen molar-refractivity contribution in [3.05, 3.63) is 0 Å². The lowest BCUT2D eigenvalue weighted by Crippen LogP contribution is -2.45. The van der Waals surface area contributed by atoms with E-state index in [1.165, 1.54) is 4.31 Å². The molecule has 0 saturated heterocycles. The van der Waals surface area contributed by atoms with Crippen molar-refractivity contribution in [2.45, 2.75) is 32.9 Å². The van der Waals surface area contributed by atoms with Crippen LogP contribution in [-0.2, 0) is 10.2 Å². The number of hydrogen-bond donors (Lipinski definition) is 1. The van der Waals surface area contributed by atoms with Crippen LogP contribution in [-0.4, -0.2) is 37.2 Å². The molecule has 0 bridgehead atoms. The standard InChI is InChI=1S/C7H17BrN2O2S/c1-6(2)10(4)13(11,12)9-7(3)5-8/h6-7,9H,5H2,1-4H3. The van der Waals surface area contributed by atoms with Crippen LogP contribution in [0, 0.1) is 0 Å². The number of halogens is 1. The first-order chi connectivity index (χ1) is 5.81. The molecule has 4 nitrogen and oxygen atoms in total. The average molecular weight is 273 g/mol. The minimum atomic E-state index is -3.32. The molecule has 0 amide bonds. The van der Waals surface area contributed by atoms with Gasteiger partial charge in [0.1, 0.15) is 0 Å². The number of nitrogens with zero attached hydrogens (tertiary/aromatic N) is 1. The molecular weight excluding hydrogens is 256 g/mol. The van der Waals surface area contributed by atoms with Gasteiger partial charge in [0.2, 0.25) is 0 Å². The fourth-order valence-corrected chi connectivity index (χ4v) is 2.34. The van der Waals surface area contributed by atoms with Gasteiger partial charge in [-0.1, -0.05) is 15.9 Å². The zero-order valence-corrected chi connectivity index (χ0v) is 10.8. The molecule has 0 spiro atoms. The van der Waals surface area contributed by atoms with Crippen LogP contribution < -0.4 is 4.72 Å². The Morgan fingerprint density at radius 3 is 2.15 bits per heavy atom. The summed E-state index contributed by atoms with van der Waals surface area (Å²) in [6.07, 6.45) is 0. The summed E-state index contributed by atoms with van der Waals surface area (Å²) in [5.41, 5.74) is 0. The molecule has 0 heterocycles. The summed E-state index contributed by atoms with van der Waals surface area (Å²) in [6, 6.07) is -0.119. The van der Waals surface area contributed by atoms with Gasteiger partial charge < -0.3 is 0 Å². The van der Waals surface area contributed by atoms with Gasteiger partial charge in [-0.15, -0.1) is 0 Å². The van der Waals surface area contributed by atoms with Crippen molar-refractivity contribution in [1.29, 1.82) is 0 Å². The Balaban J connectivity index is 4.41. The third kappa shape index (κ3) is 4.39. The highest BCUT2D eigenvalue weighted by Gasteiger charge is 2.21. The van der Waals surface area contributed by atoms with E-state index in [2.05, 4.69) is 20.7 Å². The van der Waals surface area contributed by atoms with E-state index in [1.807, 2.05) is 13.8 Å². The van der Waals surface area contributed by atoms with Crippen molar-refractivity contribution in [2.24, 2.45) is 0 Å². The first-order valence-corrected chi connectivity index (χ1v) is 6.68. The van der Waals surface area contributed by atoms with Gasteiger partial charge in [0, 0.05) is 24.5 Å². The Hall–Kier alpha value is 0.350. The third-order valence-corrected chi connectivity index (χ3v) is 4.54. The Bertz CT molecular complexity index is 241. The lowest BCUT2D eigenvalue weighted by atomic mass is 10.4. The van der Waals surface area contributed by atoms with Gasteiger partial charge >= 0.3 is 0 Å². The quantitative estimate of drug-likeness (QED) is 0.758. The largest absolute Gasteiger partial charge is 0.279 e. The fourth-order valence-electron chi connectivity index (χ4n) is 0.646. The van der Waals surface area contributed by atoms with Crippen molar-refractivity contribution in [3.8, 4) is 0 Å². The van der Waals surface area contributed by atoms with Gasteiger partial charge in [0.05, 0.1) is 0 Å². The maximum Gasteiger partial charge on any atom is 0.279 e. The predicted molar refractivity (Wildman–Crippen MR) is 58.2 cm³/mol. The van der Waals surface area contributed by atoms with Crippen LogP contribution in [0.1, 0.15) is 20.8 Å². The second-order valence-electron chi connectivity index (χ2n) is 3.29. The van der Waals surface area contributed by atoms with E-state index in [-0.39, 0.29) is 12.1 Å². The van der Waals surface area contributed by atoms with Gasteiger partial charge in [-0.05, 0) is 20.8 Å². The molecule has 13 heavy (non-hydrogen) atoms. The van der Waals surface area contributed by atoms with Crippen LogP contribution in [0.3, 0.4) is 0 Å². The number of alkyl halides is 1. The van der Waals surface area contributed by atoms with Crippen molar-refractivity contribution < 1.29 is 8.42 Å². The van der Waals surface area contributed by atoms with Crippen molar-refractivity contribution in [2.75, 3.05) is 12.4 Å². The molecule has 1 N–H and O–H groups in total. The Kier molecular flexibility index (Phi) is 5.43. The molecule has 0 aromatic heterocycles. The first kappa shape index (κ1) is 13.4. The van der Waals surface area contributed by atoms with E-state index < -0.39 is 10.2 Å². The van der Waals surface area contributed by atoms with E-state index in [1.54, 1.807) is 14.0 Å². The van der Waals surface area contributed by atoms with E-state index >= 15 is 0 Å². The highest BCUT2D eigenvalue weighted by Crippen LogP contribution is 2.02. The minimum absolute atomic E-state index is 0.0278. The van der Waals surface area contributed by atoms with Gasteiger partial charge in [0.25, 0.3) is 10.2 Å². The molecule has 0 aromatic carbocycles. The molecule has 0 radical (unpaired) electrons. The zero-order valence-electron chi connectivity index (χ0n) is 8.41. The maximum absolute atomic E-state index is 11.5. The summed E-state index contributed by atoms with van der Waals surface area (Å²) in [5.74, 6) is 0. The summed E-state index contributed by atoms with van der Waals surface area (Å²) < 4.78 is 26.9. The second-order valence-corrected chi connectivity index (χ2v) is 5.70. The summed E-state index contributed by atoms with van der Waals surface area (Å²) in [6.45, 7) is 5.47. The maximum atomic E-state index is 11.5. The van der Waals surface area contributed by atoms with Crippen LogP contribution in [0.2, 0.25) is 0 Å². The molecule has 6 heteroatoms. The molecule has 1 atom stereocenters. The van der Waals surface area contributed by atoms with Gasteiger partial charge in [0.15, 0.2) is 0 Å². The van der Waals surface area contributed by atoms with Crippen LogP contribution in [0.5, 0.6) is 0 Å². The fraction of sp³-hybridized carbons (Fsp3) is 1.00. The van der Waals surface area contributed by atoms with E-state index in [4.69, 9.17) is 0 Å². The summed E-state index contributed by atoms with van der Waals surface area (Å²) in [7, 11) is -1.75. The molecule has 0 aromatic rings. The van der Waals surface area contributed by atoms with Crippen molar-refractivity contribution in [1.82, 2.24) is 9.03 Å².